The van der Waals surface area contributed by atoms with Crippen LogP contribution in [0.5, 0.6) is 0 Å². The molecule has 1 fully saturated rings. The van der Waals surface area contributed by atoms with Gasteiger partial charge >= 0.3 is 0 Å². The Morgan fingerprint density at radius 1 is 1.10 bits per heavy atom. The van der Waals surface area contributed by atoms with Crippen LogP contribution in [0.1, 0.15) is 29.8 Å². The average Bonchev–Trinajstić information content (AvgIpc) is 3.11. The van der Waals surface area contributed by atoms with Crippen molar-refractivity contribution in [1.29, 1.82) is 0 Å². The Hall–Kier alpha value is -1.93. The van der Waals surface area contributed by atoms with Crippen LogP contribution in [-0.4, -0.2) is 50.5 Å². The molecule has 2 atom stereocenters. The minimum absolute atomic E-state index is 0.0428. The first-order valence-corrected chi connectivity index (χ1v) is 11.4. The van der Waals surface area contributed by atoms with Crippen LogP contribution in [0.2, 0.25) is 5.02 Å². The van der Waals surface area contributed by atoms with Gasteiger partial charge in [-0.1, -0.05) is 29.8 Å². The molecule has 2 aliphatic heterocycles. The van der Waals surface area contributed by atoms with E-state index in [0.717, 1.165) is 17.7 Å². The van der Waals surface area contributed by atoms with Crippen LogP contribution in [0.15, 0.2) is 47.4 Å². The summed E-state index contributed by atoms with van der Waals surface area (Å²) in [5.74, 6) is -0.230. The number of sulfonamides is 1. The smallest absolute Gasteiger partial charge is 0.258 e. The van der Waals surface area contributed by atoms with Gasteiger partial charge in [0.25, 0.3) is 5.91 Å². The van der Waals surface area contributed by atoms with Crippen LogP contribution in [0.25, 0.3) is 0 Å². The molecule has 0 saturated carbocycles. The molecule has 6 nitrogen and oxygen atoms in total. The van der Waals surface area contributed by atoms with Crippen molar-refractivity contribution in [2.24, 2.45) is 0 Å². The van der Waals surface area contributed by atoms with Crippen molar-refractivity contribution in [2.45, 2.75) is 37.4 Å². The zero-order valence-corrected chi connectivity index (χ0v) is 17.9. The number of amides is 1. The first-order chi connectivity index (χ1) is 13.8. The van der Waals surface area contributed by atoms with Gasteiger partial charge < -0.3 is 9.64 Å². The first kappa shape index (κ1) is 20.3. The number of benzene rings is 2. The van der Waals surface area contributed by atoms with Crippen LogP contribution in [0.3, 0.4) is 0 Å². The van der Waals surface area contributed by atoms with E-state index < -0.39 is 10.0 Å². The lowest BCUT2D eigenvalue weighted by Gasteiger charge is -2.34. The monoisotopic (exact) mass is 434 g/mol. The molecule has 0 aromatic heterocycles. The van der Waals surface area contributed by atoms with Crippen LogP contribution in [0.4, 0.5) is 5.69 Å². The van der Waals surface area contributed by atoms with Crippen LogP contribution in [-0.2, 0) is 21.2 Å². The number of rotatable bonds is 3. The summed E-state index contributed by atoms with van der Waals surface area (Å²) in [5, 5.41) is 0.107. The number of halogens is 1. The highest BCUT2D eigenvalue weighted by Gasteiger charge is 2.34. The summed E-state index contributed by atoms with van der Waals surface area (Å²) in [6, 6.07) is 12.2. The maximum Gasteiger partial charge on any atom is 0.258 e. The third-order valence-electron chi connectivity index (χ3n) is 5.31. The highest BCUT2D eigenvalue weighted by molar-refractivity contribution is 7.89. The lowest BCUT2D eigenvalue weighted by Crippen LogP contribution is -2.48. The van der Waals surface area contributed by atoms with E-state index in [-0.39, 0.29) is 41.1 Å². The highest BCUT2D eigenvalue weighted by Crippen LogP contribution is 2.32. The van der Waals surface area contributed by atoms with Gasteiger partial charge in [-0.3, -0.25) is 4.79 Å². The molecule has 2 unspecified atom stereocenters. The van der Waals surface area contributed by atoms with E-state index in [2.05, 4.69) is 0 Å². The SMILES string of the molecule is CC1CN(S(=O)(=O)c2cc(C(=O)N3CCc4ccccc43)ccc2Cl)CC(C)O1. The zero-order valence-electron chi connectivity index (χ0n) is 16.3. The number of nitrogens with zero attached hydrogens (tertiary/aromatic N) is 2. The molecule has 0 aliphatic carbocycles. The van der Waals surface area contributed by atoms with Gasteiger partial charge in [0.2, 0.25) is 10.0 Å². The Kier molecular flexibility index (Phi) is 5.42. The minimum atomic E-state index is -3.85. The summed E-state index contributed by atoms with van der Waals surface area (Å²) in [6.07, 6.45) is 0.362. The van der Waals surface area contributed by atoms with Crippen molar-refractivity contribution in [1.82, 2.24) is 4.31 Å². The molecule has 29 heavy (non-hydrogen) atoms. The number of anilines is 1. The van der Waals surface area contributed by atoms with Crippen LogP contribution < -0.4 is 4.90 Å². The van der Waals surface area contributed by atoms with E-state index in [1.165, 1.54) is 16.4 Å². The van der Waals surface area contributed by atoms with Gasteiger partial charge in [0, 0.05) is 30.9 Å². The van der Waals surface area contributed by atoms with Gasteiger partial charge in [0.05, 0.1) is 17.2 Å². The number of fused-ring (bicyclic) bond motifs is 1. The summed E-state index contributed by atoms with van der Waals surface area (Å²) in [4.78, 5) is 14.8. The molecule has 154 valence electrons. The molecule has 0 bridgehead atoms. The van der Waals surface area contributed by atoms with E-state index in [9.17, 15) is 13.2 Å². The van der Waals surface area contributed by atoms with Crippen LogP contribution >= 0.6 is 11.6 Å². The predicted octanol–water partition coefficient (Wildman–Crippen LogP) is 3.34. The number of hydrogen-bond donors (Lipinski definition) is 0. The second-order valence-corrected chi connectivity index (χ2v) is 9.87. The van der Waals surface area contributed by atoms with Gasteiger partial charge in [-0.05, 0) is 50.1 Å². The van der Waals surface area contributed by atoms with E-state index in [1.807, 2.05) is 38.1 Å². The average molecular weight is 435 g/mol. The Bertz CT molecular complexity index is 1050. The van der Waals surface area contributed by atoms with Gasteiger partial charge in [-0.25, -0.2) is 8.42 Å². The largest absolute Gasteiger partial charge is 0.373 e. The van der Waals surface area contributed by atoms with Gasteiger partial charge in [-0.15, -0.1) is 0 Å². The molecule has 4 rings (SSSR count). The Morgan fingerprint density at radius 3 is 2.52 bits per heavy atom. The number of carbonyl (C=O) groups excluding carboxylic acids is 1. The van der Waals surface area contributed by atoms with Crippen LogP contribution in [0, 0.1) is 0 Å². The molecule has 8 heteroatoms. The number of ether oxygens (including phenoxy) is 1. The Morgan fingerprint density at radius 2 is 1.79 bits per heavy atom. The molecule has 2 aromatic carbocycles. The summed E-state index contributed by atoms with van der Waals surface area (Å²) in [7, 11) is -3.85. The fourth-order valence-electron chi connectivity index (χ4n) is 4.01. The molecule has 0 radical (unpaired) electrons. The number of para-hydroxylation sites is 1. The van der Waals surface area contributed by atoms with E-state index >= 15 is 0 Å². The fraction of sp³-hybridized carbons (Fsp3) is 0.381. The molecule has 1 amide bonds. The lowest BCUT2D eigenvalue weighted by atomic mass is 10.1. The summed E-state index contributed by atoms with van der Waals surface area (Å²) in [5.41, 5.74) is 2.28. The van der Waals surface area contributed by atoms with Crippen molar-refractivity contribution in [3.8, 4) is 0 Å². The molecule has 0 N–H and O–H groups in total. The molecule has 0 spiro atoms. The predicted molar refractivity (Wildman–Crippen MR) is 112 cm³/mol. The summed E-state index contributed by atoms with van der Waals surface area (Å²) < 4.78 is 33.5. The van der Waals surface area contributed by atoms with Gasteiger partial charge in [0.1, 0.15) is 4.90 Å². The normalized spacial score (nSPS) is 22.5. The fourth-order valence-corrected chi connectivity index (χ4v) is 6.10. The second kappa shape index (κ2) is 7.72. The maximum absolute atomic E-state index is 13.3. The van der Waals surface area contributed by atoms with E-state index in [1.54, 1.807) is 11.0 Å². The quantitative estimate of drug-likeness (QED) is 0.743. The van der Waals surface area contributed by atoms with Crippen molar-refractivity contribution >= 4 is 33.2 Å². The van der Waals surface area contributed by atoms with E-state index in [0.29, 0.717) is 12.1 Å². The Balaban J connectivity index is 1.67. The molecule has 2 aromatic rings. The second-order valence-electron chi connectivity index (χ2n) is 7.56. The van der Waals surface area contributed by atoms with Crippen molar-refractivity contribution in [3.63, 3.8) is 0 Å². The third kappa shape index (κ3) is 3.80. The van der Waals surface area contributed by atoms with Gasteiger partial charge in [-0.2, -0.15) is 4.31 Å². The molecular weight excluding hydrogens is 412 g/mol. The standard InChI is InChI=1S/C21H23ClN2O4S/c1-14-12-23(13-15(2)28-14)29(26,27)20-11-17(7-8-18(20)22)21(25)24-10-9-16-5-3-4-6-19(16)24/h3-8,11,14-15H,9-10,12-13H2,1-2H3. The van der Waals surface area contributed by atoms with Crippen molar-refractivity contribution < 1.29 is 17.9 Å². The third-order valence-corrected chi connectivity index (χ3v) is 7.63. The number of carbonyl (C=O) groups is 1. The van der Waals surface area contributed by atoms with E-state index in [4.69, 9.17) is 16.3 Å². The van der Waals surface area contributed by atoms with Crippen molar-refractivity contribution in [3.05, 3.63) is 58.6 Å². The molecule has 2 aliphatic rings. The van der Waals surface area contributed by atoms with Crippen molar-refractivity contribution in [2.75, 3.05) is 24.5 Å². The number of hydrogen-bond acceptors (Lipinski definition) is 4. The van der Waals surface area contributed by atoms with Gasteiger partial charge in [0.15, 0.2) is 0 Å². The highest BCUT2D eigenvalue weighted by atomic mass is 35.5. The molecular formula is C21H23ClN2O4S. The lowest BCUT2D eigenvalue weighted by molar-refractivity contribution is -0.0440. The zero-order chi connectivity index (χ0) is 20.8. The molecule has 1 saturated heterocycles. The minimum Gasteiger partial charge on any atom is -0.373 e. The topological polar surface area (TPSA) is 66.9 Å². The number of morpholine rings is 1. The summed E-state index contributed by atoms with van der Waals surface area (Å²) in [6.45, 7) is 4.75. The summed E-state index contributed by atoms with van der Waals surface area (Å²) >= 11 is 6.26. The first-order valence-electron chi connectivity index (χ1n) is 9.62. The Labute approximate surface area is 176 Å². The molecule has 2 heterocycles. The maximum atomic E-state index is 13.3.